The van der Waals surface area contributed by atoms with Gasteiger partial charge in [-0.1, -0.05) is 48.3 Å². The van der Waals surface area contributed by atoms with Crippen molar-refractivity contribution in [1.82, 2.24) is 15.1 Å². The van der Waals surface area contributed by atoms with Crippen molar-refractivity contribution >= 4 is 35.1 Å². The van der Waals surface area contributed by atoms with Gasteiger partial charge >= 0.3 is 17.8 Å². The van der Waals surface area contributed by atoms with E-state index in [9.17, 15) is 14.4 Å². The second-order valence-corrected chi connectivity index (χ2v) is 9.52. The molecule has 1 saturated carbocycles. The van der Waals surface area contributed by atoms with Crippen LogP contribution in [0, 0.1) is 0 Å². The molecule has 0 atom stereocenters. The van der Waals surface area contributed by atoms with Crippen LogP contribution in [0.2, 0.25) is 0 Å². The maximum Gasteiger partial charge on any atom is 0.322 e. The number of carbonyl (C=O) groups is 3. The molecular formula is C27H30N6O4. The smallest absolute Gasteiger partial charge is 0.322 e. The van der Waals surface area contributed by atoms with Gasteiger partial charge in [0.2, 0.25) is 11.8 Å². The van der Waals surface area contributed by atoms with Gasteiger partial charge in [-0.15, -0.1) is 5.10 Å². The van der Waals surface area contributed by atoms with Crippen LogP contribution in [0.3, 0.4) is 0 Å². The van der Waals surface area contributed by atoms with Crippen LogP contribution in [0.1, 0.15) is 48.9 Å². The minimum Gasteiger partial charge on any atom is -0.399 e. The number of piperazine rings is 1. The van der Waals surface area contributed by atoms with Crippen molar-refractivity contribution in [2.45, 2.75) is 38.0 Å². The minimum absolute atomic E-state index is 0.0932. The average molecular weight is 503 g/mol. The molecule has 192 valence electrons. The first-order valence-electron chi connectivity index (χ1n) is 12.6. The largest absolute Gasteiger partial charge is 0.399 e. The number of rotatable bonds is 6. The summed E-state index contributed by atoms with van der Waals surface area (Å²) < 4.78 is 5.47. The Kier molecular flexibility index (Phi) is 6.89. The van der Waals surface area contributed by atoms with E-state index >= 15 is 0 Å². The summed E-state index contributed by atoms with van der Waals surface area (Å²) in [5.74, 6) is -0.906. The third-order valence-corrected chi connectivity index (χ3v) is 7.27. The zero-order valence-corrected chi connectivity index (χ0v) is 20.8. The lowest BCUT2D eigenvalue weighted by atomic mass is 9.78. The Morgan fingerprint density at radius 2 is 1.54 bits per heavy atom. The van der Waals surface area contributed by atoms with Gasteiger partial charge in [-0.3, -0.25) is 19.7 Å². The van der Waals surface area contributed by atoms with E-state index in [-0.39, 0.29) is 23.7 Å². The molecule has 37 heavy (non-hydrogen) atoms. The fraction of sp³-hybridized carbons (Fsp3) is 0.370. The number of hydrogen-bond donors (Lipinski definition) is 2. The van der Waals surface area contributed by atoms with Crippen LogP contribution < -0.4 is 15.5 Å². The molecule has 2 heterocycles. The maximum atomic E-state index is 13.3. The number of nitrogens with one attached hydrogen (secondary N) is 2. The maximum absolute atomic E-state index is 13.3. The molecule has 10 heteroatoms. The lowest BCUT2D eigenvalue weighted by molar-refractivity contribution is -0.129. The summed E-state index contributed by atoms with van der Waals surface area (Å²) >= 11 is 0. The van der Waals surface area contributed by atoms with Gasteiger partial charge in [0.05, 0.1) is 5.41 Å². The zero-order valence-electron chi connectivity index (χ0n) is 20.8. The monoisotopic (exact) mass is 502 g/mol. The van der Waals surface area contributed by atoms with Gasteiger partial charge in [0.1, 0.15) is 0 Å². The van der Waals surface area contributed by atoms with Gasteiger partial charge < -0.3 is 19.5 Å². The Morgan fingerprint density at radius 3 is 2.19 bits per heavy atom. The number of nitrogens with zero attached hydrogens (tertiary/aromatic N) is 4. The van der Waals surface area contributed by atoms with Crippen molar-refractivity contribution in [3.8, 4) is 0 Å². The Hall–Kier alpha value is -4.21. The fourth-order valence-corrected chi connectivity index (χ4v) is 5.18. The summed E-state index contributed by atoms with van der Waals surface area (Å²) in [6, 6.07) is 17.1. The molecule has 1 aliphatic heterocycles. The van der Waals surface area contributed by atoms with E-state index in [1.54, 1.807) is 19.1 Å². The van der Waals surface area contributed by atoms with Gasteiger partial charge in [0.25, 0.3) is 0 Å². The summed E-state index contributed by atoms with van der Waals surface area (Å²) in [6.45, 7) is 4.48. The normalized spacial score (nSPS) is 16.9. The van der Waals surface area contributed by atoms with Crippen LogP contribution in [-0.2, 0) is 15.0 Å². The molecule has 0 bridgehead atoms. The molecule has 10 nitrogen and oxygen atoms in total. The molecule has 1 saturated heterocycles. The Morgan fingerprint density at radius 1 is 0.865 bits per heavy atom. The molecule has 2 fully saturated rings. The van der Waals surface area contributed by atoms with E-state index in [1.807, 2.05) is 47.4 Å². The summed E-state index contributed by atoms with van der Waals surface area (Å²) in [4.78, 5) is 41.5. The van der Waals surface area contributed by atoms with Crippen LogP contribution in [0.5, 0.6) is 0 Å². The molecule has 3 amide bonds. The van der Waals surface area contributed by atoms with E-state index < -0.39 is 11.3 Å². The number of aromatic nitrogens is 2. The fourth-order valence-electron chi connectivity index (χ4n) is 5.18. The van der Waals surface area contributed by atoms with Gasteiger partial charge in [-0.2, -0.15) is 0 Å². The number of benzene rings is 2. The molecule has 3 aromatic rings. The first-order valence-corrected chi connectivity index (χ1v) is 12.6. The average Bonchev–Trinajstić information content (AvgIpc) is 3.61. The highest BCUT2D eigenvalue weighted by atomic mass is 16.4. The van der Waals surface area contributed by atoms with Gasteiger partial charge in [-0.05, 0) is 42.7 Å². The van der Waals surface area contributed by atoms with Crippen LogP contribution in [-0.4, -0.2) is 59.0 Å². The zero-order chi connectivity index (χ0) is 25.8. The van der Waals surface area contributed by atoms with Gasteiger partial charge in [0, 0.05) is 44.5 Å². The van der Waals surface area contributed by atoms with E-state index in [2.05, 4.69) is 25.7 Å². The highest BCUT2D eigenvalue weighted by Crippen LogP contribution is 2.42. The van der Waals surface area contributed by atoms with Crippen LogP contribution in [0.25, 0.3) is 0 Å². The molecule has 2 aromatic carbocycles. The predicted molar refractivity (Wildman–Crippen MR) is 138 cm³/mol. The summed E-state index contributed by atoms with van der Waals surface area (Å²) in [5.41, 5.74) is 1.92. The molecule has 1 aromatic heterocycles. The number of amides is 3. The number of anilines is 3. The molecule has 2 aliphatic rings. The first kappa shape index (κ1) is 24.5. The molecule has 1 aliphatic carbocycles. The Bertz CT molecular complexity index is 1260. The quantitative estimate of drug-likeness (QED) is 0.530. The van der Waals surface area contributed by atoms with Crippen molar-refractivity contribution in [3.63, 3.8) is 0 Å². The topological polar surface area (TPSA) is 121 Å². The van der Waals surface area contributed by atoms with Gasteiger partial charge in [-0.25, -0.2) is 0 Å². The van der Waals surface area contributed by atoms with E-state index in [1.165, 1.54) is 0 Å². The highest BCUT2D eigenvalue weighted by molar-refractivity contribution is 6.01. The van der Waals surface area contributed by atoms with E-state index in [0.717, 1.165) is 50.0 Å². The van der Waals surface area contributed by atoms with Crippen molar-refractivity contribution in [3.05, 3.63) is 66.1 Å². The summed E-state index contributed by atoms with van der Waals surface area (Å²) in [6.07, 6.45) is 3.42. The molecule has 0 unspecified atom stereocenters. The lowest BCUT2D eigenvalue weighted by Gasteiger charge is -2.35. The van der Waals surface area contributed by atoms with Gasteiger partial charge in [0.15, 0.2) is 0 Å². The second-order valence-electron chi connectivity index (χ2n) is 9.52. The standard InChI is InChI=1S/C27H30N6O4/c1-19(34)32-15-17-33(18-16-32)22-11-9-21(10-12-22)28-23(35)24-30-31-26(37-24)29-25(36)27(13-5-6-14-27)20-7-3-2-4-8-20/h2-4,7-12H,5-6,13-18H2,1H3,(H,28,35)(H,29,31,36). The second kappa shape index (κ2) is 10.4. The molecule has 0 radical (unpaired) electrons. The van der Waals surface area contributed by atoms with Crippen molar-refractivity contribution in [1.29, 1.82) is 0 Å². The lowest BCUT2D eigenvalue weighted by Crippen LogP contribution is -2.48. The summed E-state index contributed by atoms with van der Waals surface area (Å²) in [5, 5.41) is 13.2. The molecule has 0 spiro atoms. The van der Waals surface area contributed by atoms with Crippen LogP contribution in [0.4, 0.5) is 17.4 Å². The molecule has 2 N–H and O–H groups in total. The molecular weight excluding hydrogens is 472 g/mol. The minimum atomic E-state index is -0.640. The van der Waals surface area contributed by atoms with Crippen molar-refractivity contribution in [2.24, 2.45) is 0 Å². The highest BCUT2D eigenvalue weighted by Gasteiger charge is 2.43. The van der Waals surface area contributed by atoms with Crippen LogP contribution in [0.15, 0.2) is 59.0 Å². The van der Waals surface area contributed by atoms with Crippen molar-refractivity contribution in [2.75, 3.05) is 41.7 Å². The summed E-state index contributed by atoms with van der Waals surface area (Å²) in [7, 11) is 0. The Balaban J connectivity index is 1.19. The molecule has 5 rings (SSSR count). The predicted octanol–water partition coefficient (Wildman–Crippen LogP) is 3.44. The SMILES string of the molecule is CC(=O)N1CCN(c2ccc(NC(=O)c3nnc(NC(=O)C4(c5ccccc5)CCCC4)o3)cc2)CC1. The van der Waals surface area contributed by atoms with E-state index in [4.69, 9.17) is 4.42 Å². The first-order chi connectivity index (χ1) is 17.9. The van der Waals surface area contributed by atoms with Crippen LogP contribution >= 0.6 is 0 Å². The third-order valence-electron chi connectivity index (χ3n) is 7.27. The van der Waals surface area contributed by atoms with E-state index in [0.29, 0.717) is 18.8 Å². The third kappa shape index (κ3) is 5.18. The Labute approximate surface area is 215 Å². The number of carbonyl (C=O) groups excluding carboxylic acids is 3. The number of hydrogen-bond acceptors (Lipinski definition) is 7. The van der Waals surface area contributed by atoms with Crippen molar-refractivity contribution < 1.29 is 18.8 Å².